The molecule has 0 N–H and O–H groups in total. The number of aryl methyl sites for hydroxylation is 1. The monoisotopic (exact) mass is 256 g/mol. The Labute approximate surface area is 114 Å². The van der Waals surface area contributed by atoms with Crippen LogP contribution in [0.2, 0.25) is 0 Å². The first-order valence-electron chi connectivity index (χ1n) is 6.72. The lowest BCUT2D eigenvalue weighted by Gasteiger charge is -2.04. The molecule has 3 heteroatoms. The molecule has 1 heterocycles. The molecule has 0 saturated carbocycles. The Kier molecular flexibility index (Phi) is 3.84. The summed E-state index contributed by atoms with van der Waals surface area (Å²) in [7, 11) is 0. The zero-order valence-corrected chi connectivity index (χ0v) is 12.0. The van der Waals surface area contributed by atoms with Crippen molar-refractivity contribution in [1.29, 1.82) is 0 Å². The van der Waals surface area contributed by atoms with Crippen LogP contribution in [0.25, 0.3) is 11.1 Å². The fraction of sp³-hybridized carbons (Fsp3) is 0.375. The number of ketones is 1. The van der Waals surface area contributed by atoms with E-state index >= 15 is 0 Å². The van der Waals surface area contributed by atoms with Crippen LogP contribution in [0.4, 0.5) is 0 Å². The molecule has 1 aromatic heterocycles. The molecule has 19 heavy (non-hydrogen) atoms. The van der Waals surface area contributed by atoms with Crippen molar-refractivity contribution in [2.75, 3.05) is 0 Å². The van der Waals surface area contributed by atoms with Crippen LogP contribution in [-0.4, -0.2) is 15.6 Å². The fourth-order valence-electron chi connectivity index (χ4n) is 2.09. The van der Waals surface area contributed by atoms with Gasteiger partial charge in [0.15, 0.2) is 5.78 Å². The molecule has 0 aliphatic heterocycles. The van der Waals surface area contributed by atoms with Crippen molar-refractivity contribution in [3.63, 3.8) is 0 Å². The molecule has 3 nitrogen and oxygen atoms in total. The SMILES string of the molecule is CCC(=O)c1cccc(-c2cn(C(C)C)nc2C)c1. The quantitative estimate of drug-likeness (QED) is 0.774. The molecule has 0 bridgehead atoms. The summed E-state index contributed by atoms with van der Waals surface area (Å²) in [5, 5.41) is 4.51. The molecular formula is C16H20N2O. The highest BCUT2D eigenvalue weighted by Gasteiger charge is 2.11. The zero-order chi connectivity index (χ0) is 14.0. The average molecular weight is 256 g/mol. The van der Waals surface area contributed by atoms with Crippen LogP contribution in [0.5, 0.6) is 0 Å². The predicted octanol–water partition coefficient (Wildman–Crippen LogP) is 4.03. The Bertz CT molecular complexity index is 597. The Hall–Kier alpha value is -1.90. The van der Waals surface area contributed by atoms with Crippen LogP contribution in [-0.2, 0) is 0 Å². The van der Waals surface area contributed by atoms with Gasteiger partial charge in [0, 0.05) is 29.8 Å². The Morgan fingerprint density at radius 2 is 2.11 bits per heavy atom. The molecule has 0 unspecified atom stereocenters. The highest BCUT2D eigenvalue weighted by atomic mass is 16.1. The van der Waals surface area contributed by atoms with Gasteiger partial charge >= 0.3 is 0 Å². The molecule has 0 spiro atoms. The fourth-order valence-corrected chi connectivity index (χ4v) is 2.09. The van der Waals surface area contributed by atoms with Crippen LogP contribution < -0.4 is 0 Å². The van der Waals surface area contributed by atoms with E-state index < -0.39 is 0 Å². The van der Waals surface area contributed by atoms with Gasteiger partial charge in [0.2, 0.25) is 0 Å². The topological polar surface area (TPSA) is 34.9 Å². The van der Waals surface area contributed by atoms with Crippen molar-refractivity contribution in [3.8, 4) is 11.1 Å². The van der Waals surface area contributed by atoms with E-state index in [9.17, 15) is 4.79 Å². The summed E-state index contributed by atoms with van der Waals surface area (Å²) in [5.41, 5.74) is 3.93. The van der Waals surface area contributed by atoms with E-state index in [1.165, 1.54) is 0 Å². The first-order valence-corrected chi connectivity index (χ1v) is 6.72. The number of rotatable bonds is 4. The lowest BCUT2D eigenvalue weighted by molar-refractivity contribution is 0.0988. The number of carbonyl (C=O) groups is 1. The highest BCUT2D eigenvalue weighted by Crippen LogP contribution is 2.25. The standard InChI is InChI=1S/C16H20N2O/c1-5-16(19)14-8-6-7-13(9-14)15-10-18(11(2)3)17-12(15)4/h6-11H,5H2,1-4H3. The summed E-state index contributed by atoms with van der Waals surface area (Å²) < 4.78 is 1.96. The van der Waals surface area contributed by atoms with Crippen LogP contribution in [0, 0.1) is 6.92 Å². The number of hydrogen-bond donors (Lipinski definition) is 0. The minimum atomic E-state index is 0.177. The number of carbonyl (C=O) groups excluding carboxylic acids is 1. The molecule has 0 fully saturated rings. The summed E-state index contributed by atoms with van der Waals surface area (Å²) >= 11 is 0. The van der Waals surface area contributed by atoms with Crippen molar-refractivity contribution < 1.29 is 4.79 Å². The van der Waals surface area contributed by atoms with Crippen molar-refractivity contribution >= 4 is 5.78 Å². The molecule has 2 rings (SSSR count). The maximum atomic E-state index is 11.8. The van der Waals surface area contributed by atoms with E-state index in [1.54, 1.807) is 0 Å². The third-order valence-electron chi connectivity index (χ3n) is 3.26. The van der Waals surface area contributed by atoms with Crippen molar-refractivity contribution in [1.82, 2.24) is 9.78 Å². The molecule has 0 amide bonds. The van der Waals surface area contributed by atoms with Crippen LogP contribution in [0.1, 0.15) is 49.3 Å². The third-order valence-corrected chi connectivity index (χ3v) is 3.26. The highest BCUT2D eigenvalue weighted by molar-refractivity contribution is 5.97. The summed E-state index contributed by atoms with van der Waals surface area (Å²) in [4.78, 5) is 11.8. The van der Waals surface area contributed by atoms with Crippen molar-refractivity contribution in [3.05, 3.63) is 41.7 Å². The second kappa shape index (κ2) is 5.39. The molecule has 0 aliphatic rings. The van der Waals surface area contributed by atoms with Gasteiger partial charge in [-0.1, -0.05) is 25.1 Å². The molecule has 0 radical (unpaired) electrons. The van der Waals surface area contributed by atoms with E-state index in [4.69, 9.17) is 0 Å². The van der Waals surface area contributed by atoms with Crippen molar-refractivity contribution in [2.45, 2.75) is 40.2 Å². The van der Waals surface area contributed by atoms with E-state index in [-0.39, 0.29) is 5.78 Å². The van der Waals surface area contributed by atoms with Crippen LogP contribution >= 0.6 is 0 Å². The van der Waals surface area contributed by atoms with Gasteiger partial charge in [-0.05, 0) is 32.4 Å². The minimum absolute atomic E-state index is 0.177. The Morgan fingerprint density at radius 1 is 1.37 bits per heavy atom. The van der Waals surface area contributed by atoms with E-state index in [0.717, 1.165) is 22.4 Å². The Balaban J connectivity index is 2.44. The van der Waals surface area contributed by atoms with E-state index in [0.29, 0.717) is 12.5 Å². The molecule has 1 aromatic carbocycles. The van der Waals surface area contributed by atoms with Gasteiger partial charge in [-0.25, -0.2) is 0 Å². The van der Waals surface area contributed by atoms with Crippen LogP contribution in [0.15, 0.2) is 30.5 Å². The predicted molar refractivity (Wildman–Crippen MR) is 77.4 cm³/mol. The zero-order valence-electron chi connectivity index (χ0n) is 12.0. The van der Waals surface area contributed by atoms with Gasteiger partial charge in [0.1, 0.15) is 0 Å². The maximum absolute atomic E-state index is 11.8. The molecule has 0 aliphatic carbocycles. The van der Waals surface area contributed by atoms with E-state index in [2.05, 4.69) is 25.1 Å². The summed E-state index contributed by atoms with van der Waals surface area (Å²) in [6, 6.07) is 8.14. The first kappa shape index (κ1) is 13.5. The minimum Gasteiger partial charge on any atom is -0.294 e. The van der Waals surface area contributed by atoms with E-state index in [1.807, 2.05) is 42.8 Å². The van der Waals surface area contributed by atoms with Crippen LogP contribution in [0.3, 0.4) is 0 Å². The summed E-state index contributed by atoms with van der Waals surface area (Å²) in [6.07, 6.45) is 2.59. The summed E-state index contributed by atoms with van der Waals surface area (Å²) in [6.45, 7) is 8.10. The van der Waals surface area contributed by atoms with Gasteiger partial charge in [0.25, 0.3) is 0 Å². The third kappa shape index (κ3) is 2.75. The molecular weight excluding hydrogens is 236 g/mol. The average Bonchev–Trinajstić information content (AvgIpc) is 2.80. The number of hydrogen-bond acceptors (Lipinski definition) is 2. The molecule has 2 aromatic rings. The second-order valence-corrected chi connectivity index (χ2v) is 5.06. The van der Waals surface area contributed by atoms with Gasteiger partial charge in [-0.3, -0.25) is 9.48 Å². The number of nitrogens with zero attached hydrogens (tertiary/aromatic N) is 2. The lowest BCUT2D eigenvalue weighted by Crippen LogP contribution is -2.00. The van der Waals surface area contributed by atoms with Gasteiger partial charge < -0.3 is 0 Å². The van der Waals surface area contributed by atoms with Gasteiger partial charge in [-0.2, -0.15) is 5.10 Å². The molecule has 0 atom stereocenters. The molecule has 0 saturated heterocycles. The lowest BCUT2D eigenvalue weighted by atomic mass is 10.0. The second-order valence-electron chi connectivity index (χ2n) is 5.06. The Morgan fingerprint density at radius 3 is 2.68 bits per heavy atom. The summed E-state index contributed by atoms with van der Waals surface area (Å²) in [5.74, 6) is 0.177. The number of Topliss-reactive ketones (excluding diaryl/α,β-unsaturated/α-hetero) is 1. The molecule has 100 valence electrons. The van der Waals surface area contributed by atoms with Gasteiger partial charge in [-0.15, -0.1) is 0 Å². The normalized spacial score (nSPS) is 11.0. The largest absolute Gasteiger partial charge is 0.294 e. The van der Waals surface area contributed by atoms with Crippen molar-refractivity contribution in [2.24, 2.45) is 0 Å². The smallest absolute Gasteiger partial charge is 0.162 e. The maximum Gasteiger partial charge on any atom is 0.162 e. The van der Waals surface area contributed by atoms with Gasteiger partial charge in [0.05, 0.1) is 5.69 Å². The number of benzene rings is 1. The number of aromatic nitrogens is 2. The first-order chi connectivity index (χ1) is 9.02.